The van der Waals surface area contributed by atoms with E-state index in [9.17, 15) is 5.11 Å². The molecule has 1 N–H and O–H groups in total. The van der Waals surface area contributed by atoms with Gasteiger partial charge in [-0.2, -0.15) is 0 Å². The van der Waals surface area contributed by atoms with Crippen molar-refractivity contribution in [2.45, 2.75) is 70.5 Å². The molecule has 1 aromatic carbocycles. The average Bonchev–Trinajstić information content (AvgIpc) is 2.47. The third-order valence-electron chi connectivity index (χ3n) is 4.48. The molecule has 106 valence electrons. The number of benzene rings is 1. The fourth-order valence-electron chi connectivity index (χ4n) is 3.22. The molecule has 19 heavy (non-hydrogen) atoms. The summed E-state index contributed by atoms with van der Waals surface area (Å²) in [6.07, 6.45) is 8.36. The predicted octanol–water partition coefficient (Wildman–Crippen LogP) is 4.76. The van der Waals surface area contributed by atoms with Crippen LogP contribution in [0.15, 0.2) is 24.3 Å². The van der Waals surface area contributed by atoms with E-state index in [0.717, 1.165) is 31.2 Å². The van der Waals surface area contributed by atoms with Crippen LogP contribution >= 0.6 is 0 Å². The number of hydrogen-bond donors (Lipinski definition) is 1. The van der Waals surface area contributed by atoms with Crippen LogP contribution < -0.4 is 0 Å². The van der Waals surface area contributed by atoms with Crippen LogP contribution in [0.2, 0.25) is 0 Å². The third kappa shape index (κ3) is 3.11. The number of hydrogen-bond acceptors (Lipinski definition) is 2. The summed E-state index contributed by atoms with van der Waals surface area (Å²) in [4.78, 5) is 0. The largest absolute Gasteiger partial charge is 0.508 e. The van der Waals surface area contributed by atoms with Crippen molar-refractivity contribution in [3.05, 3.63) is 29.8 Å². The Bertz CT molecular complexity index is 390. The zero-order valence-electron chi connectivity index (χ0n) is 12.2. The Balaban J connectivity index is 2.23. The van der Waals surface area contributed by atoms with Gasteiger partial charge >= 0.3 is 0 Å². The first kappa shape index (κ1) is 14.4. The molecule has 0 atom stereocenters. The van der Waals surface area contributed by atoms with E-state index in [2.05, 4.69) is 13.8 Å². The maximum Gasteiger partial charge on any atom is 0.121 e. The van der Waals surface area contributed by atoms with Gasteiger partial charge in [0.2, 0.25) is 0 Å². The Morgan fingerprint density at radius 2 is 1.74 bits per heavy atom. The van der Waals surface area contributed by atoms with Crippen LogP contribution in [0.4, 0.5) is 0 Å². The minimum Gasteiger partial charge on any atom is -0.508 e. The standard InChI is InChI=1S/C17H26O2/c1-3-17(4-2,15-12-8-9-13-16(15)18)19-14-10-6-5-7-11-14/h8-9,12-14,18H,3-7,10-11H2,1-2H3. The summed E-state index contributed by atoms with van der Waals surface area (Å²) in [6, 6.07) is 7.62. The molecule has 0 radical (unpaired) electrons. The van der Waals surface area contributed by atoms with Crippen LogP contribution in [0, 0.1) is 0 Å². The van der Waals surface area contributed by atoms with Crippen LogP contribution in [0.3, 0.4) is 0 Å². The Morgan fingerprint density at radius 3 is 2.32 bits per heavy atom. The highest BCUT2D eigenvalue weighted by atomic mass is 16.5. The summed E-state index contributed by atoms with van der Waals surface area (Å²) in [5.41, 5.74) is 0.624. The normalized spacial score (nSPS) is 17.6. The second-order valence-electron chi connectivity index (χ2n) is 5.60. The highest BCUT2D eigenvalue weighted by Gasteiger charge is 2.34. The van der Waals surface area contributed by atoms with Gasteiger partial charge in [-0.05, 0) is 31.7 Å². The fraction of sp³-hybridized carbons (Fsp3) is 0.647. The number of para-hydroxylation sites is 1. The second kappa shape index (κ2) is 6.42. The van der Waals surface area contributed by atoms with Gasteiger partial charge in [0.15, 0.2) is 0 Å². The molecule has 0 amide bonds. The molecule has 0 aromatic heterocycles. The maximum absolute atomic E-state index is 10.2. The van der Waals surface area contributed by atoms with Gasteiger partial charge in [0.1, 0.15) is 5.75 Å². The Morgan fingerprint density at radius 1 is 1.11 bits per heavy atom. The third-order valence-corrected chi connectivity index (χ3v) is 4.48. The quantitative estimate of drug-likeness (QED) is 0.829. The van der Waals surface area contributed by atoms with Crippen molar-refractivity contribution in [1.29, 1.82) is 0 Å². The monoisotopic (exact) mass is 262 g/mol. The van der Waals surface area contributed by atoms with E-state index in [1.54, 1.807) is 6.07 Å². The van der Waals surface area contributed by atoms with E-state index >= 15 is 0 Å². The maximum atomic E-state index is 10.2. The van der Waals surface area contributed by atoms with Crippen molar-refractivity contribution < 1.29 is 9.84 Å². The molecule has 2 heteroatoms. The zero-order chi connectivity index (χ0) is 13.7. The van der Waals surface area contributed by atoms with Crippen molar-refractivity contribution in [1.82, 2.24) is 0 Å². The van der Waals surface area contributed by atoms with E-state index in [1.165, 1.54) is 19.3 Å². The van der Waals surface area contributed by atoms with Crippen molar-refractivity contribution in [2.24, 2.45) is 0 Å². The minimum absolute atomic E-state index is 0.326. The van der Waals surface area contributed by atoms with Crippen LogP contribution in [-0.2, 0) is 10.3 Å². The highest BCUT2D eigenvalue weighted by molar-refractivity contribution is 5.37. The molecule has 0 aliphatic heterocycles. The van der Waals surface area contributed by atoms with Crippen LogP contribution in [-0.4, -0.2) is 11.2 Å². The molecule has 2 rings (SSSR count). The van der Waals surface area contributed by atoms with Gasteiger partial charge in [-0.3, -0.25) is 0 Å². The van der Waals surface area contributed by atoms with E-state index in [4.69, 9.17) is 4.74 Å². The SMILES string of the molecule is CCC(CC)(OC1CCCCC1)c1ccccc1O. The summed E-state index contributed by atoms with van der Waals surface area (Å²) in [6.45, 7) is 4.30. The second-order valence-corrected chi connectivity index (χ2v) is 5.60. The van der Waals surface area contributed by atoms with Gasteiger partial charge < -0.3 is 9.84 Å². The van der Waals surface area contributed by atoms with Crippen LogP contribution in [0.5, 0.6) is 5.75 Å². The average molecular weight is 262 g/mol. The van der Waals surface area contributed by atoms with E-state index in [1.807, 2.05) is 18.2 Å². The molecule has 0 spiro atoms. The van der Waals surface area contributed by atoms with Crippen LogP contribution in [0.1, 0.15) is 64.4 Å². The number of aromatic hydroxyl groups is 1. The topological polar surface area (TPSA) is 29.5 Å². The van der Waals surface area contributed by atoms with E-state index in [-0.39, 0.29) is 5.60 Å². The first-order valence-electron chi connectivity index (χ1n) is 7.68. The molecule has 0 bridgehead atoms. The van der Waals surface area contributed by atoms with Crippen molar-refractivity contribution in [3.8, 4) is 5.75 Å². The number of phenolic OH excluding ortho intramolecular Hbond substituents is 1. The van der Waals surface area contributed by atoms with Crippen molar-refractivity contribution >= 4 is 0 Å². The van der Waals surface area contributed by atoms with Gasteiger partial charge in [-0.15, -0.1) is 0 Å². The predicted molar refractivity (Wildman–Crippen MR) is 78.3 cm³/mol. The zero-order valence-corrected chi connectivity index (χ0v) is 12.2. The van der Waals surface area contributed by atoms with Crippen molar-refractivity contribution in [3.63, 3.8) is 0 Å². The fourth-order valence-corrected chi connectivity index (χ4v) is 3.22. The number of ether oxygens (including phenoxy) is 1. The summed E-state index contributed by atoms with van der Waals surface area (Å²) in [7, 11) is 0. The smallest absolute Gasteiger partial charge is 0.121 e. The van der Waals surface area contributed by atoms with Gasteiger partial charge in [0, 0.05) is 5.56 Å². The van der Waals surface area contributed by atoms with Gasteiger partial charge in [-0.25, -0.2) is 0 Å². The lowest BCUT2D eigenvalue weighted by molar-refractivity contribution is -0.116. The molecule has 0 saturated heterocycles. The number of phenols is 1. The molecule has 1 aliphatic rings. The van der Waals surface area contributed by atoms with E-state index in [0.29, 0.717) is 11.9 Å². The van der Waals surface area contributed by atoms with Gasteiger partial charge in [0.25, 0.3) is 0 Å². The summed E-state index contributed by atoms with van der Waals surface area (Å²) < 4.78 is 6.48. The molecule has 1 fully saturated rings. The molecular formula is C17H26O2. The highest BCUT2D eigenvalue weighted by Crippen LogP contribution is 2.40. The molecule has 0 heterocycles. The van der Waals surface area contributed by atoms with Crippen LogP contribution in [0.25, 0.3) is 0 Å². The molecule has 0 unspecified atom stereocenters. The first-order chi connectivity index (χ1) is 9.22. The van der Waals surface area contributed by atoms with Gasteiger partial charge in [-0.1, -0.05) is 51.3 Å². The van der Waals surface area contributed by atoms with Crippen molar-refractivity contribution in [2.75, 3.05) is 0 Å². The first-order valence-corrected chi connectivity index (χ1v) is 7.68. The Labute approximate surface area is 116 Å². The minimum atomic E-state index is -0.326. The Kier molecular flexibility index (Phi) is 4.87. The summed E-state index contributed by atoms with van der Waals surface area (Å²) >= 11 is 0. The molecule has 1 saturated carbocycles. The summed E-state index contributed by atoms with van der Waals surface area (Å²) in [5, 5.41) is 10.2. The number of rotatable bonds is 5. The Hall–Kier alpha value is -1.02. The van der Waals surface area contributed by atoms with Gasteiger partial charge in [0.05, 0.1) is 11.7 Å². The molecule has 1 aromatic rings. The molecule has 2 nitrogen and oxygen atoms in total. The lowest BCUT2D eigenvalue weighted by Gasteiger charge is -2.38. The van der Waals surface area contributed by atoms with E-state index < -0.39 is 0 Å². The lowest BCUT2D eigenvalue weighted by atomic mass is 9.86. The lowest BCUT2D eigenvalue weighted by Crippen LogP contribution is -2.34. The molecular weight excluding hydrogens is 236 g/mol. The summed E-state index contributed by atoms with van der Waals surface area (Å²) in [5.74, 6) is 0.363. The molecule has 1 aliphatic carbocycles.